The lowest BCUT2D eigenvalue weighted by atomic mass is 9.78. The Kier molecular flexibility index (Phi) is 6.19. The van der Waals surface area contributed by atoms with Crippen molar-refractivity contribution in [3.63, 3.8) is 0 Å². The van der Waals surface area contributed by atoms with Crippen LogP contribution in [0.3, 0.4) is 0 Å². The third-order valence-corrected chi connectivity index (χ3v) is 10.9. The third-order valence-electron chi connectivity index (χ3n) is 10.9. The second-order valence-electron chi connectivity index (χ2n) is 16.0. The summed E-state index contributed by atoms with van der Waals surface area (Å²) in [5.74, 6) is 0. The number of hydrogen-bond acceptors (Lipinski definition) is 2. The van der Waals surface area contributed by atoms with Crippen molar-refractivity contribution in [2.24, 2.45) is 0 Å². The quantitative estimate of drug-likeness (QED) is 0.107. The smallest absolute Gasteiger partial charge is 0.130 e. The summed E-state index contributed by atoms with van der Waals surface area (Å²) in [6, 6.07) is 42.7. The van der Waals surface area contributed by atoms with Crippen molar-refractivity contribution < 1.29 is 0 Å². The van der Waals surface area contributed by atoms with Crippen molar-refractivity contribution in [2.75, 3.05) is 0 Å². The molecule has 0 atom stereocenters. The molecule has 2 heteroatoms. The number of fused-ring (bicyclic) bond motifs is 5. The molecule has 2 nitrogen and oxygen atoms in total. The Bertz CT molecular complexity index is 2810. The molecule has 0 aromatic heterocycles. The lowest BCUT2D eigenvalue weighted by Gasteiger charge is -2.25. The number of rotatable bonds is 2. The van der Waals surface area contributed by atoms with E-state index in [9.17, 15) is 10.5 Å². The van der Waals surface area contributed by atoms with E-state index >= 15 is 0 Å². The SMILES string of the molecule is CC(C)(C)c1cc2cc(C(C)(C)C)cc3c4ccc(-c5ccc6c7c(cccc57)-c5cc(C=C(C#N)C#N)ccc5-6)c5cccc(c(c1)c23)c54. The molecule has 0 spiro atoms. The Balaban J connectivity index is 1.34. The van der Waals surface area contributed by atoms with Crippen LogP contribution in [-0.2, 0) is 10.8 Å². The fourth-order valence-corrected chi connectivity index (χ4v) is 8.35. The van der Waals surface area contributed by atoms with E-state index in [0.29, 0.717) is 0 Å². The van der Waals surface area contributed by atoms with E-state index in [-0.39, 0.29) is 16.4 Å². The highest BCUT2D eigenvalue weighted by atomic mass is 14.3. The summed E-state index contributed by atoms with van der Waals surface area (Å²) >= 11 is 0. The molecule has 1 aliphatic carbocycles. The highest BCUT2D eigenvalue weighted by Crippen LogP contribution is 2.51. The van der Waals surface area contributed by atoms with Gasteiger partial charge in [0, 0.05) is 0 Å². The second-order valence-corrected chi connectivity index (χ2v) is 16.0. The van der Waals surface area contributed by atoms with Gasteiger partial charge in [-0.25, -0.2) is 0 Å². The number of hydrogen-bond donors (Lipinski definition) is 0. The predicted octanol–water partition coefficient (Wildman–Crippen LogP) is 13.2. The molecular weight excluding hydrogens is 605 g/mol. The third kappa shape index (κ3) is 4.25. The molecule has 0 amide bonds. The molecule has 0 fully saturated rings. The van der Waals surface area contributed by atoms with Gasteiger partial charge in [0.2, 0.25) is 0 Å². The maximum atomic E-state index is 9.35. The number of benzene rings is 8. The van der Waals surface area contributed by atoms with Gasteiger partial charge < -0.3 is 0 Å². The van der Waals surface area contributed by atoms with Gasteiger partial charge in [-0.2, -0.15) is 10.5 Å². The van der Waals surface area contributed by atoms with Crippen LogP contribution in [0.4, 0.5) is 0 Å². The first-order valence-corrected chi connectivity index (χ1v) is 17.4. The summed E-state index contributed by atoms with van der Waals surface area (Å²) < 4.78 is 0. The van der Waals surface area contributed by atoms with E-state index in [0.717, 1.165) is 11.1 Å². The molecule has 8 aromatic carbocycles. The van der Waals surface area contributed by atoms with Gasteiger partial charge in [0.05, 0.1) is 0 Å². The summed E-state index contributed by atoms with van der Waals surface area (Å²) in [6.07, 6.45) is 1.66. The molecule has 0 heterocycles. The fraction of sp³-hybridized carbons (Fsp3) is 0.167. The molecule has 0 saturated carbocycles. The first-order chi connectivity index (χ1) is 24.0. The molecule has 0 unspecified atom stereocenters. The molecule has 0 radical (unpaired) electrons. The van der Waals surface area contributed by atoms with Gasteiger partial charge in [-0.05, 0) is 139 Å². The molecule has 0 bridgehead atoms. The molecule has 238 valence electrons. The van der Waals surface area contributed by atoms with Gasteiger partial charge in [0.25, 0.3) is 0 Å². The molecule has 0 N–H and O–H groups in total. The van der Waals surface area contributed by atoms with E-state index < -0.39 is 0 Å². The Morgan fingerprint density at radius 2 is 0.980 bits per heavy atom. The van der Waals surface area contributed by atoms with Crippen LogP contribution in [0.15, 0.2) is 109 Å². The fourth-order valence-electron chi connectivity index (χ4n) is 8.35. The highest BCUT2D eigenvalue weighted by molar-refractivity contribution is 6.35. The van der Waals surface area contributed by atoms with Crippen molar-refractivity contribution in [2.45, 2.75) is 52.4 Å². The zero-order chi connectivity index (χ0) is 34.7. The Morgan fingerprint density at radius 3 is 1.62 bits per heavy atom. The van der Waals surface area contributed by atoms with Crippen molar-refractivity contribution in [1.82, 2.24) is 0 Å². The molecule has 1 aliphatic rings. The minimum Gasteiger partial charge on any atom is -0.192 e. The van der Waals surface area contributed by atoms with Crippen LogP contribution in [0.1, 0.15) is 58.2 Å². The molecular formula is C48H36N2. The van der Waals surface area contributed by atoms with Crippen LogP contribution >= 0.6 is 0 Å². The van der Waals surface area contributed by atoms with E-state index in [1.807, 2.05) is 18.2 Å². The van der Waals surface area contributed by atoms with E-state index in [1.165, 1.54) is 92.8 Å². The summed E-state index contributed by atoms with van der Waals surface area (Å²) in [5, 5.41) is 31.7. The van der Waals surface area contributed by atoms with E-state index in [4.69, 9.17) is 0 Å². The van der Waals surface area contributed by atoms with Crippen LogP contribution in [0.5, 0.6) is 0 Å². The second kappa shape index (κ2) is 10.3. The zero-order valence-electron chi connectivity index (χ0n) is 29.3. The van der Waals surface area contributed by atoms with Crippen molar-refractivity contribution in [3.8, 4) is 45.5 Å². The maximum Gasteiger partial charge on any atom is 0.130 e. The molecule has 0 saturated heterocycles. The van der Waals surface area contributed by atoms with Crippen molar-refractivity contribution >= 4 is 59.9 Å². The van der Waals surface area contributed by atoms with Gasteiger partial charge >= 0.3 is 0 Å². The van der Waals surface area contributed by atoms with Crippen LogP contribution < -0.4 is 0 Å². The number of allylic oxidation sites excluding steroid dienone is 1. The maximum absolute atomic E-state index is 9.35. The highest BCUT2D eigenvalue weighted by Gasteiger charge is 2.26. The molecule has 9 rings (SSSR count). The molecule has 50 heavy (non-hydrogen) atoms. The van der Waals surface area contributed by atoms with Crippen LogP contribution in [0.25, 0.3) is 93.3 Å². The summed E-state index contributed by atoms with van der Waals surface area (Å²) in [6.45, 7) is 13.9. The average molecular weight is 641 g/mol. The monoisotopic (exact) mass is 640 g/mol. The van der Waals surface area contributed by atoms with Gasteiger partial charge in [0.1, 0.15) is 17.7 Å². The van der Waals surface area contributed by atoms with Crippen LogP contribution in [0.2, 0.25) is 0 Å². The minimum absolute atomic E-state index is 0.0195. The lowest BCUT2D eigenvalue weighted by Crippen LogP contribution is -2.12. The summed E-state index contributed by atoms with van der Waals surface area (Å²) in [5.41, 5.74) is 10.9. The summed E-state index contributed by atoms with van der Waals surface area (Å²) in [7, 11) is 0. The number of nitriles is 2. The Hall–Kier alpha value is -5.96. The van der Waals surface area contributed by atoms with Crippen LogP contribution in [-0.4, -0.2) is 0 Å². The Morgan fingerprint density at radius 1 is 0.460 bits per heavy atom. The zero-order valence-corrected chi connectivity index (χ0v) is 29.3. The predicted molar refractivity (Wildman–Crippen MR) is 212 cm³/mol. The van der Waals surface area contributed by atoms with Crippen molar-refractivity contribution in [1.29, 1.82) is 10.5 Å². The molecule has 0 aliphatic heterocycles. The standard InChI is InChI=1S/C48H36N2/c1-47(2,3)30-21-29-22-31(48(4,5)6)24-43-40-18-16-33(36-10-8-12-38(46(36)40)42(23-30)44(29)43)32-15-17-39-34-14-13-27(19-28(25-49)26-50)20-41(34)37-11-7-9-35(32)45(37)39/h7-24H,1-6H3. The van der Waals surface area contributed by atoms with E-state index in [2.05, 4.69) is 139 Å². The average Bonchev–Trinajstić information content (AvgIpc) is 3.42. The Labute approximate surface area is 292 Å². The van der Waals surface area contributed by atoms with Crippen LogP contribution in [0, 0.1) is 22.7 Å². The first-order valence-electron chi connectivity index (χ1n) is 17.4. The van der Waals surface area contributed by atoms with Crippen molar-refractivity contribution in [3.05, 3.63) is 125 Å². The van der Waals surface area contributed by atoms with Gasteiger partial charge in [-0.3, -0.25) is 0 Å². The molecule has 8 aromatic rings. The minimum atomic E-state index is 0.0195. The normalized spacial score (nSPS) is 12.6. The summed E-state index contributed by atoms with van der Waals surface area (Å²) in [4.78, 5) is 0. The van der Waals surface area contributed by atoms with E-state index in [1.54, 1.807) is 6.08 Å². The number of nitrogens with zero attached hydrogens (tertiary/aromatic N) is 2. The first kappa shape index (κ1) is 30.1. The van der Waals surface area contributed by atoms with Gasteiger partial charge in [-0.15, -0.1) is 0 Å². The van der Waals surface area contributed by atoms with Gasteiger partial charge in [-0.1, -0.05) is 126 Å². The van der Waals surface area contributed by atoms with Gasteiger partial charge in [0.15, 0.2) is 0 Å². The largest absolute Gasteiger partial charge is 0.192 e. The lowest BCUT2D eigenvalue weighted by molar-refractivity contribution is 0.590. The topological polar surface area (TPSA) is 47.6 Å².